The number of aryl methyl sites for hydroxylation is 1. The van der Waals surface area contributed by atoms with E-state index in [1.165, 1.54) is 5.56 Å². The van der Waals surface area contributed by atoms with E-state index in [4.69, 9.17) is 19.2 Å². The van der Waals surface area contributed by atoms with E-state index in [-0.39, 0.29) is 12.2 Å². The monoisotopic (exact) mass is 506 g/mol. The first-order valence-corrected chi connectivity index (χ1v) is 16.3. The summed E-state index contributed by atoms with van der Waals surface area (Å²) < 4.78 is 18.7. The zero-order valence-corrected chi connectivity index (χ0v) is 22.1. The Morgan fingerprint density at radius 1 is 1.11 bits per heavy atom. The summed E-state index contributed by atoms with van der Waals surface area (Å²) in [6.07, 6.45) is 0.982. The molecule has 2 aromatic heterocycles. The maximum Gasteiger partial charge on any atom is 0.314 e. The predicted octanol–water partition coefficient (Wildman–Crippen LogP) is 3.98. The van der Waals surface area contributed by atoms with E-state index in [1.54, 1.807) is 17.6 Å². The molecule has 1 aromatic carbocycles. The van der Waals surface area contributed by atoms with Crippen LogP contribution in [0.2, 0.25) is 25.7 Å². The number of nitrogens with zero attached hydrogens (tertiary/aromatic N) is 2. The molecule has 3 aliphatic rings. The number of fused-ring (bicyclic) bond motifs is 6. The van der Waals surface area contributed by atoms with Crippen molar-refractivity contribution in [3.8, 4) is 28.6 Å². The van der Waals surface area contributed by atoms with Crippen LogP contribution >= 0.6 is 0 Å². The van der Waals surface area contributed by atoms with Crippen molar-refractivity contribution in [2.24, 2.45) is 0 Å². The van der Waals surface area contributed by atoms with E-state index >= 15 is 0 Å². The maximum absolute atomic E-state index is 13.6. The first-order chi connectivity index (χ1) is 17.1. The molecule has 1 N–H and O–H groups in total. The zero-order chi connectivity index (χ0) is 25.4. The Morgan fingerprint density at radius 3 is 2.53 bits per heavy atom. The average Bonchev–Trinajstić information content (AvgIpc) is 3.19. The van der Waals surface area contributed by atoms with Crippen molar-refractivity contribution in [2.75, 3.05) is 13.2 Å². The summed E-state index contributed by atoms with van der Waals surface area (Å²) in [6, 6.07) is 6.82. The van der Waals surface area contributed by atoms with Gasteiger partial charge in [0.05, 0.1) is 29.9 Å². The molecule has 6 rings (SSSR count). The molecule has 0 aliphatic carbocycles. The average molecular weight is 507 g/mol. The van der Waals surface area contributed by atoms with E-state index in [9.17, 15) is 14.7 Å². The molecule has 0 unspecified atom stereocenters. The third-order valence-electron chi connectivity index (χ3n) is 7.55. The summed E-state index contributed by atoms with van der Waals surface area (Å²) in [7, 11) is -1.37. The summed E-state index contributed by atoms with van der Waals surface area (Å²) in [5, 5.41) is 12.3. The fourth-order valence-corrected chi connectivity index (χ4v) is 6.46. The highest BCUT2D eigenvalue weighted by molar-refractivity contribution is 6.76. The van der Waals surface area contributed by atoms with Crippen LogP contribution in [0.25, 0.3) is 22.3 Å². The topological polar surface area (TPSA) is 99.9 Å². The first kappa shape index (κ1) is 23.2. The van der Waals surface area contributed by atoms with Crippen molar-refractivity contribution in [3.63, 3.8) is 0 Å². The van der Waals surface area contributed by atoms with Gasteiger partial charge in [-0.15, -0.1) is 0 Å². The molecule has 1 atom stereocenters. The lowest BCUT2D eigenvalue weighted by atomic mass is 9.85. The lowest BCUT2D eigenvalue weighted by Gasteiger charge is -2.32. The van der Waals surface area contributed by atoms with Gasteiger partial charge in [0.1, 0.15) is 18.8 Å². The normalized spacial score (nSPS) is 20.1. The Balaban J connectivity index is 1.60. The standard InChI is InChI=1S/C27H30N2O6Si/c1-5-27(32)13-23(30)35-25-18(27)11-20-24-17(14-29(20)26(25)31)15(6-9-36(2,3)4)16-10-21-22(12-19(16)28-24)34-8-7-33-21/h10-12,32H,5-9,13-14H2,1-4H3/t27-/m1/s1. The fraction of sp³-hybridized carbons (Fsp3) is 0.444. The van der Waals surface area contributed by atoms with Gasteiger partial charge in [-0.3, -0.25) is 14.2 Å². The second-order valence-electron chi connectivity index (χ2n) is 11.2. The van der Waals surface area contributed by atoms with E-state index in [2.05, 4.69) is 19.6 Å². The third kappa shape index (κ3) is 3.56. The Bertz CT molecular complexity index is 1510. The number of aliphatic hydroxyl groups is 1. The molecule has 0 fully saturated rings. The first-order valence-electron chi connectivity index (χ1n) is 12.5. The molecule has 0 amide bonds. The van der Waals surface area contributed by atoms with Gasteiger partial charge < -0.3 is 19.3 Å². The number of esters is 1. The number of carbonyl (C=O) groups excluding carboxylic acids is 1. The van der Waals surface area contributed by atoms with Crippen LogP contribution in [-0.2, 0) is 23.4 Å². The van der Waals surface area contributed by atoms with E-state index in [0.717, 1.165) is 34.6 Å². The number of aromatic nitrogens is 2. The summed E-state index contributed by atoms with van der Waals surface area (Å²) in [6.45, 7) is 10.2. The van der Waals surface area contributed by atoms with E-state index in [0.29, 0.717) is 48.9 Å². The second kappa shape index (κ2) is 7.91. The van der Waals surface area contributed by atoms with E-state index in [1.807, 2.05) is 12.1 Å². The number of hydrogen-bond donors (Lipinski definition) is 1. The molecule has 8 nitrogen and oxygen atoms in total. The number of ether oxygens (including phenoxy) is 3. The van der Waals surface area contributed by atoms with Crippen molar-refractivity contribution in [1.29, 1.82) is 0 Å². The van der Waals surface area contributed by atoms with Crippen molar-refractivity contribution in [1.82, 2.24) is 9.55 Å². The van der Waals surface area contributed by atoms with Crippen LogP contribution in [-0.4, -0.2) is 41.9 Å². The largest absolute Gasteiger partial charge is 0.486 e. The highest BCUT2D eigenvalue weighted by Gasteiger charge is 2.42. The summed E-state index contributed by atoms with van der Waals surface area (Å²) in [5.41, 5.74) is 2.85. The molecule has 0 spiro atoms. The van der Waals surface area contributed by atoms with Crippen LogP contribution in [0.4, 0.5) is 0 Å². The highest BCUT2D eigenvalue weighted by atomic mass is 28.3. The molecular formula is C27H30N2O6Si. The Hall–Kier alpha value is -3.17. The zero-order valence-electron chi connectivity index (χ0n) is 21.1. The molecule has 0 saturated heterocycles. The maximum atomic E-state index is 13.6. The van der Waals surface area contributed by atoms with Gasteiger partial charge in [0.2, 0.25) is 5.75 Å². The van der Waals surface area contributed by atoms with Gasteiger partial charge in [-0.25, -0.2) is 4.98 Å². The van der Waals surface area contributed by atoms with Gasteiger partial charge >= 0.3 is 5.97 Å². The van der Waals surface area contributed by atoms with Crippen molar-refractivity contribution >= 4 is 24.9 Å². The Kier molecular flexibility index (Phi) is 5.11. The quantitative estimate of drug-likeness (QED) is 0.330. The van der Waals surface area contributed by atoms with Gasteiger partial charge in [0.25, 0.3) is 5.56 Å². The van der Waals surface area contributed by atoms with Gasteiger partial charge in [-0.05, 0) is 30.5 Å². The van der Waals surface area contributed by atoms with Crippen LogP contribution in [0.1, 0.15) is 36.5 Å². The highest BCUT2D eigenvalue weighted by Crippen LogP contribution is 2.44. The minimum Gasteiger partial charge on any atom is -0.486 e. The molecular weight excluding hydrogens is 476 g/mol. The van der Waals surface area contributed by atoms with Gasteiger partial charge in [0, 0.05) is 30.7 Å². The lowest BCUT2D eigenvalue weighted by molar-refractivity contribution is -0.143. The van der Waals surface area contributed by atoms with Crippen molar-refractivity contribution in [3.05, 3.63) is 45.2 Å². The Labute approximate surface area is 209 Å². The summed E-state index contributed by atoms with van der Waals surface area (Å²) in [4.78, 5) is 30.8. The van der Waals surface area contributed by atoms with Gasteiger partial charge in [-0.1, -0.05) is 32.6 Å². The number of hydrogen-bond acceptors (Lipinski definition) is 7. The number of benzene rings is 1. The van der Waals surface area contributed by atoms with Crippen LogP contribution in [0.15, 0.2) is 23.0 Å². The smallest absolute Gasteiger partial charge is 0.314 e. The van der Waals surface area contributed by atoms with Crippen molar-refractivity contribution < 1.29 is 24.1 Å². The molecule has 36 heavy (non-hydrogen) atoms. The second-order valence-corrected chi connectivity index (χ2v) is 16.8. The fourth-order valence-electron chi connectivity index (χ4n) is 5.46. The van der Waals surface area contributed by atoms with Crippen LogP contribution in [0, 0.1) is 0 Å². The minimum absolute atomic E-state index is 0.0716. The lowest BCUT2D eigenvalue weighted by Crippen LogP contribution is -2.39. The van der Waals surface area contributed by atoms with Crippen molar-refractivity contribution in [2.45, 2.75) is 64.0 Å². The van der Waals surface area contributed by atoms with E-state index < -0.39 is 25.2 Å². The molecule has 3 aliphatic heterocycles. The Morgan fingerprint density at radius 2 is 1.83 bits per heavy atom. The summed E-state index contributed by atoms with van der Waals surface area (Å²) >= 11 is 0. The SMILES string of the molecule is CC[C@@]1(O)CC(=O)Oc2c1cc1n(c2=O)Cc2c-1nc1cc3c(cc1c2CC[Si](C)(C)C)OCCO3. The molecule has 0 bridgehead atoms. The molecule has 5 heterocycles. The van der Waals surface area contributed by atoms with Crippen LogP contribution in [0.3, 0.4) is 0 Å². The molecule has 0 radical (unpaired) electrons. The number of pyridine rings is 2. The predicted molar refractivity (Wildman–Crippen MR) is 138 cm³/mol. The molecule has 188 valence electrons. The summed E-state index contributed by atoms with van der Waals surface area (Å²) in [5.74, 6) is 0.723. The molecule has 3 aromatic rings. The van der Waals surface area contributed by atoms with Crippen LogP contribution < -0.4 is 19.8 Å². The molecule has 0 saturated carbocycles. The van der Waals surface area contributed by atoms with Gasteiger partial charge in [-0.2, -0.15) is 0 Å². The number of rotatable bonds is 4. The third-order valence-corrected chi connectivity index (χ3v) is 9.30. The van der Waals surface area contributed by atoms with Gasteiger partial charge in [0.15, 0.2) is 11.5 Å². The minimum atomic E-state index is -1.44. The van der Waals surface area contributed by atoms with Crippen LogP contribution in [0.5, 0.6) is 17.2 Å². The molecule has 9 heteroatoms. The number of carbonyl (C=O) groups is 1.